The van der Waals surface area contributed by atoms with Crippen LogP contribution in [0.5, 0.6) is 0 Å². The van der Waals surface area contributed by atoms with E-state index in [0.29, 0.717) is 6.42 Å². The maximum atomic E-state index is 10.4. The van der Waals surface area contributed by atoms with Crippen LogP contribution in [0.4, 0.5) is 0 Å². The van der Waals surface area contributed by atoms with Gasteiger partial charge in [0.1, 0.15) is 0 Å². The Balaban J connectivity index is 1.74. The topological polar surface area (TPSA) is 37.3 Å². The first-order chi connectivity index (χ1) is 13.3. The molecule has 0 heterocycles. The Morgan fingerprint density at radius 1 is 0.667 bits per heavy atom. The molecule has 0 bridgehead atoms. The van der Waals surface area contributed by atoms with Gasteiger partial charge in [0.15, 0.2) is 0 Å². The van der Waals surface area contributed by atoms with Gasteiger partial charge in [0.2, 0.25) is 0 Å². The van der Waals surface area contributed by atoms with Gasteiger partial charge in [-0.25, -0.2) is 0 Å². The predicted octanol–water partition coefficient (Wildman–Crippen LogP) is 7.72. The van der Waals surface area contributed by atoms with Crippen LogP contribution in [0.25, 0.3) is 0 Å². The van der Waals surface area contributed by atoms with Gasteiger partial charge in [0, 0.05) is 6.42 Å². The molecule has 0 radical (unpaired) electrons. The largest absolute Gasteiger partial charge is 0.481 e. The number of carbonyl (C=O) groups is 1. The highest BCUT2D eigenvalue weighted by Gasteiger charge is 1.97. The van der Waals surface area contributed by atoms with Crippen LogP contribution in [0.2, 0.25) is 0 Å². The molecular formula is C25H40O2. The lowest BCUT2D eigenvalue weighted by Gasteiger charge is -2.02. The molecule has 152 valence electrons. The molecule has 1 aromatic rings. The van der Waals surface area contributed by atoms with Crippen LogP contribution in [0.15, 0.2) is 42.5 Å². The van der Waals surface area contributed by atoms with Crippen molar-refractivity contribution in [1.82, 2.24) is 0 Å². The summed E-state index contributed by atoms with van der Waals surface area (Å²) in [6.45, 7) is 0. The van der Waals surface area contributed by atoms with E-state index in [-0.39, 0.29) is 0 Å². The fourth-order valence-corrected chi connectivity index (χ4v) is 3.43. The molecule has 1 aromatic carbocycles. The molecule has 0 fully saturated rings. The van der Waals surface area contributed by atoms with Gasteiger partial charge in [0.05, 0.1) is 0 Å². The maximum Gasteiger partial charge on any atom is 0.303 e. The molecule has 2 heteroatoms. The highest BCUT2D eigenvalue weighted by Crippen LogP contribution is 2.13. The van der Waals surface area contributed by atoms with E-state index >= 15 is 0 Å². The second kappa shape index (κ2) is 17.8. The standard InChI is InChI=1S/C25H40O2/c26-25(27)23-19-14-12-10-8-6-4-2-1-3-5-7-9-11-13-16-20-24-21-17-15-18-22-24/h9,11,15,17-18,21-22H,1-8,10,12-14,16,19-20,23H2,(H,26,27)/b11-9+. The van der Waals surface area contributed by atoms with Crippen LogP contribution in [-0.2, 0) is 11.2 Å². The van der Waals surface area contributed by atoms with E-state index < -0.39 is 5.97 Å². The molecular weight excluding hydrogens is 332 g/mol. The van der Waals surface area contributed by atoms with Crippen molar-refractivity contribution in [2.45, 2.75) is 103 Å². The second-order valence-corrected chi connectivity index (χ2v) is 7.67. The Hall–Kier alpha value is -1.57. The summed E-state index contributed by atoms with van der Waals surface area (Å²) in [4.78, 5) is 10.4. The summed E-state index contributed by atoms with van der Waals surface area (Å²) in [5.41, 5.74) is 1.45. The van der Waals surface area contributed by atoms with Gasteiger partial charge in [-0.3, -0.25) is 4.79 Å². The van der Waals surface area contributed by atoms with Crippen molar-refractivity contribution in [2.75, 3.05) is 0 Å². The van der Waals surface area contributed by atoms with Gasteiger partial charge in [-0.05, 0) is 44.1 Å². The predicted molar refractivity (Wildman–Crippen MR) is 116 cm³/mol. The Labute approximate surface area is 167 Å². The minimum atomic E-state index is -0.659. The van der Waals surface area contributed by atoms with E-state index in [9.17, 15) is 4.79 Å². The van der Waals surface area contributed by atoms with E-state index in [2.05, 4.69) is 42.5 Å². The zero-order valence-corrected chi connectivity index (χ0v) is 17.2. The molecule has 0 amide bonds. The molecule has 0 saturated carbocycles. The van der Waals surface area contributed by atoms with Crippen molar-refractivity contribution >= 4 is 5.97 Å². The van der Waals surface area contributed by atoms with Crippen LogP contribution >= 0.6 is 0 Å². The Morgan fingerprint density at radius 3 is 1.70 bits per heavy atom. The first-order valence-electron chi connectivity index (χ1n) is 11.2. The van der Waals surface area contributed by atoms with Crippen molar-refractivity contribution in [3.63, 3.8) is 0 Å². The quantitative estimate of drug-likeness (QED) is 0.211. The summed E-state index contributed by atoms with van der Waals surface area (Å²) in [6, 6.07) is 10.8. The minimum absolute atomic E-state index is 0.336. The third kappa shape index (κ3) is 16.3. The van der Waals surface area contributed by atoms with Crippen molar-refractivity contribution in [2.24, 2.45) is 0 Å². The number of rotatable bonds is 18. The van der Waals surface area contributed by atoms with E-state index in [0.717, 1.165) is 12.8 Å². The van der Waals surface area contributed by atoms with Crippen molar-refractivity contribution in [3.8, 4) is 0 Å². The molecule has 0 spiro atoms. The fraction of sp³-hybridized carbons (Fsp3) is 0.640. The minimum Gasteiger partial charge on any atom is -0.481 e. The summed E-state index contributed by atoms with van der Waals surface area (Å²) in [5.74, 6) is -0.659. The second-order valence-electron chi connectivity index (χ2n) is 7.67. The molecule has 0 atom stereocenters. The van der Waals surface area contributed by atoms with Crippen molar-refractivity contribution in [1.29, 1.82) is 0 Å². The fourth-order valence-electron chi connectivity index (χ4n) is 3.43. The SMILES string of the molecule is O=C(O)CCCCCCCCCCCCC/C=C/CCCc1ccccc1. The normalized spacial score (nSPS) is 11.3. The van der Waals surface area contributed by atoms with Gasteiger partial charge >= 0.3 is 5.97 Å². The number of carboxylic acids is 1. The number of hydrogen-bond acceptors (Lipinski definition) is 1. The molecule has 1 rings (SSSR count). The first-order valence-corrected chi connectivity index (χ1v) is 11.2. The number of unbranched alkanes of at least 4 members (excludes halogenated alkanes) is 12. The van der Waals surface area contributed by atoms with Crippen LogP contribution in [0, 0.1) is 0 Å². The van der Waals surface area contributed by atoms with Crippen molar-refractivity contribution in [3.05, 3.63) is 48.0 Å². The summed E-state index contributed by atoms with van der Waals surface area (Å²) >= 11 is 0. The van der Waals surface area contributed by atoms with E-state index in [1.165, 1.54) is 89.0 Å². The first kappa shape index (κ1) is 23.5. The molecule has 1 N–H and O–H groups in total. The smallest absolute Gasteiger partial charge is 0.303 e. The lowest BCUT2D eigenvalue weighted by atomic mass is 10.0. The number of hydrogen-bond donors (Lipinski definition) is 1. The number of aryl methyl sites for hydroxylation is 1. The number of allylic oxidation sites excluding steroid dienone is 2. The van der Waals surface area contributed by atoms with Gasteiger partial charge in [-0.1, -0.05) is 100 Å². The maximum absolute atomic E-state index is 10.4. The van der Waals surface area contributed by atoms with Crippen molar-refractivity contribution < 1.29 is 9.90 Å². The average molecular weight is 373 g/mol. The molecule has 0 aliphatic rings. The third-order valence-corrected chi connectivity index (χ3v) is 5.11. The zero-order chi connectivity index (χ0) is 19.4. The van der Waals surface area contributed by atoms with Crippen LogP contribution < -0.4 is 0 Å². The van der Waals surface area contributed by atoms with Crippen LogP contribution in [0.3, 0.4) is 0 Å². The molecule has 0 saturated heterocycles. The van der Waals surface area contributed by atoms with Gasteiger partial charge in [0.25, 0.3) is 0 Å². The van der Waals surface area contributed by atoms with Crippen LogP contribution in [-0.4, -0.2) is 11.1 Å². The molecule has 0 unspecified atom stereocenters. The van der Waals surface area contributed by atoms with Crippen LogP contribution in [0.1, 0.15) is 102 Å². The summed E-state index contributed by atoms with van der Waals surface area (Å²) in [5, 5.41) is 8.57. The Kier molecular flexibility index (Phi) is 15.5. The average Bonchev–Trinajstić information content (AvgIpc) is 2.67. The molecule has 0 aliphatic heterocycles. The monoisotopic (exact) mass is 372 g/mol. The molecule has 27 heavy (non-hydrogen) atoms. The van der Waals surface area contributed by atoms with Gasteiger partial charge in [-0.15, -0.1) is 0 Å². The summed E-state index contributed by atoms with van der Waals surface area (Å²) in [7, 11) is 0. The molecule has 0 aliphatic carbocycles. The van der Waals surface area contributed by atoms with E-state index in [1.807, 2.05) is 0 Å². The van der Waals surface area contributed by atoms with E-state index in [1.54, 1.807) is 0 Å². The van der Waals surface area contributed by atoms with E-state index in [4.69, 9.17) is 5.11 Å². The van der Waals surface area contributed by atoms with Gasteiger partial charge < -0.3 is 5.11 Å². The Morgan fingerprint density at radius 2 is 1.15 bits per heavy atom. The summed E-state index contributed by atoms with van der Waals surface area (Å²) in [6.07, 6.45) is 23.8. The third-order valence-electron chi connectivity index (χ3n) is 5.11. The lowest BCUT2D eigenvalue weighted by molar-refractivity contribution is -0.137. The number of aliphatic carboxylic acids is 1. The molecule has 0 aromatic heterocycles. The lowest BCUT2D eigenvalue weighted by Crippen LogP contribution is -1.93. The highest BCUT2D eigenvalue weighted by atomic mass is 16.4. The number of benzene rings is 1. The number of carboxylic acid groups (broad SMARTS) is 1. The highest BCUT2D eigenvalue weighted by molar-refractivity contribution is 5.66. The van der Waals surface area contributed by atoms with Gasteiger partial charge in [-0.2, -0.15) is 0 Å². The summed E-state index contributed by atoms with van der Waals surface area (Å²) < 4.78 is 0. The molecule has 2 nitrogen and oxygen atoms in total. The zero-order valence-electron chi connectivity index (χ0n) is 17.2. The Bertz CT molecular complexity index is 478.